The molecule has 7 nitrogen and oxygen atoms in total. The largest absolute Gasteiger partial charge is 0.368 e. The third kappa shape index (κ3) is 3.76. The zero-order valence-electron chi connectivity index (χ0n) is 15.9. The standard InChI is InChI=1S/C19H28N4O3/c1-19(2,3)18(24)22-12-10-20(11-13-22)15-6-7-16(23(25)26)17(14-15)21-8-4-5-9-21/h6-7,14H,4-5,8-13H2,1-3H3. The van der Waals surface area contributed by atoms with Crippen molar-refractivity contribution in [1.82, 2.24) is 4.90 Å². The predicted molar refractivity (Wildman–Crippen MR) is 103 cm³/mol. The summed E-state index contributed by atoms with van der Waals surface area (Å²) < 4.78 is 0. The van der Waals surface area contributed by atoms with Crippen LogP contribution in [-0.2, 0) is 4.79 Å². The van der Waals surface area contributed by atoms with E-state index in [1.165, 1.54) is 0 Å². The average molecular weight is 360 g/mol. The molecule has 26 heavy (non-hydrogen) atoms. The van der Waals surface area contributed by atoms with Crippen molar-refractivity contribution in [2.24, 2.45) is 5.41 Å². The molecule has 7 heteroatoms. The quantitative estimate of drug-likeness (QED) is 0.612. The Hall–Kier alpha value is -2.31. The van der Waals surface area contributed by atoms with Crippen LogP contribution in [0.2, 0.25) is 0 Å². The normalized spacial score (nSPS) is 18.3. The van der Waals surface area contributed by atoms with Crippen LogP contribution in [0.25, 0.3) is 0 Å². The number of hydrogen-bond donors (Lipinski definition) is 0. The Bertz CT molecular complexity index is 685. The molecule has 0 N–H and O–H groups in total. The summed E-state index contributed by atoms with van der Waals surface area (Å²) in [6.07, 6.45) is 2.16. The molecule has 0 bridgehead atoms. The van der Waals surface area contributed by atoms with Gasteiger partial charge in [0.15, 0.2) is 0 Å². The van der Waals surface area contributed by atoms with Gasteiger partial charge in [0, 0.05) is 56.4 Å². The van der Waals surface area contributed by atoms with Crippen molar-refractivity contribution in [3.63, 3.8) is 0 Å². The van der Waals surface area contributed by atoms with Gasteiger partial charge in [0.05, 0.1) is 4.92 Å². The number of carbonyl (C=O) groups excluding carboxylic acids is 1. The minimum absolute atomic E-state index is 0.178. The summed E-state index contributed by atoms with van der Waals surface area (Å²) in [6.45, 7) is 10.5. The van der Waals surface area contributed by atoms with Crippen LogP contribution < -0.4 is 9.80 Å². The fourth-order valence-corrected chi connectivity index (χ4v) is 3.72. The lowest BCUT2D eigenvalue weighted by Crippen LogP contribution is -2.51. The molecule has 0 spiro atoms. The van der Waals surface area contributed by atoms with E-state index >= 15 is 0 Å². The van der Waals surface area contributed by atoms with Gasteiger partial charge in [0.25, 0.3) is 5.69 Å². The number of carbonyl (C=O) groups is 1. The maximum Gasteiger partial charge on any atom is 0.292 e. The van der Waals surface area contributed by atoms with Crippen LogP contribution in [0.4, 0.5) is 17.1 Å². The van der Waals surface area contributed by atoms with Gasteiger partial charge in [0.1, 0.15) is 5.69 Å². The Balaban J connectivity index is 1.75. The molecular formula is C19H28N4O3. The van der Waals surface area contributed by atoms with Crippen molar-refractivity contribution in [2.45, 2.75) is 33.6 Å². The molecule has 142 valence electrons. The molecule has 2 saturated heterocycles. The van der Waals surface area contributed by atoms with Crippen molar-refractivity contribution in [3.8, 4) is 0 Å². The fraction of sp³-hybridized carbons (Fsp3) is 0.632. The molecule has 2 aliphatic heterocycles. The van der Waals surface area contributed by atoms with Gasteiger partial charge >= 0.3 is 0 Å². The van der Waals surface area contributed by atoms with Crippen LogP contribution in [0.15, 0.2) is 18.2 Å². The van der Waals surface area contributed by atoms with Gasteiger partial charge in [-0.25, -0.2) is 0 Å². The Morgan fingerprint density at radius 3 is 2.15 bits per heavy atom. The SMILES string of the molecule is CC(C)(C)C(=O)N1CCN(c2ccc([N+](=O)[O-])c(N3CCCC3)c2)CC1. The average Bonchev–Trinajstić information content (AvgIpc) is 3.14. The molecule has 0 unspecified atom stereocenters. The first-order valence-electron chi connectivity index (χ1n) is 9.35. The molecule has 1 aromatic rings. The third-order valence-corrected chi connectivity index (χ3v) is 5.18. The summed E-state index contributed by atoms with van der Waals surface area (Å²) >= 11 is 0. The Labute approximate surface area is 154 Å². The van der Waals surface area contributed by atoms with Crippen molar-refractivity contribution in [2.75, 3.05) is 49.1 Å². The zero-order valence-corrected chi connectivity index (χ0v) is 15.9. The van der Waals surface area contributed by atoms with Gasteiger partial charge in [-0.1, -0.05) is 20.8 Å². The molecule has 2 aliphatic rings. The Morgan fingerprint density at radius 1 is 1.00 bits per heavy atom. The summed E-state index contributed by atoms with van der Waals surface area (Å²) in [5, 5.41) is 11.4. The van der Waals surface area contributed by atoms with E-state index in [1.807, 2.05) is 37.8 Å². The van der Waals surface area contributed by atoms with E-state index in [1.54, 1.807) is 6.07 Å². The molecule has 0 radical (unpaired) electrons. The lowest BCUT2D eigenvalue weighted by atomic mass is 9.94. The van der Waals surface area contributed by atoms with Crippen LogP contribution in [0.5, 0.6) is 0 Å². The monoisotopic (exact) mass is 360 g/mol. The third-order valence-electron chi connectivity index (χ3n) is 5.18. The minimum atomic E-state index is -0.363. The molecule has 1 aromatic carbocycles. The second-order valence-corrected chi connectivity index (χ2v) is 8.15. The molecule has 2 heterocycles. The predicted octanol–water partition coefficient (Wildman–Crippen LogP) is 2.89. The molecule has 0 atom stereocenters. The molecule has 2 fully saturated rings. The number of anilines is 2. The Kier molecular flexibility index (Phi) is 5.07. The van der Waals surface area contributed by atoms with E-state index in [0.29, 0.717) is 13.1 Å². The maximum absolute atomic E-state index is 12.4. The number of hydrogen-bond acceptors (Lipinski definition) is 5. The van der Waals surface area contributed by atoms with Gasteiger partial charge in [-0.15, -0.1) is 0 Å². The van der Waals surface area contributed by atoms with Crippen molar-refractivity contribution in [3.05, 3.63) is 28.3 Å². The highest BCUT2D eigenvalue weighted by atomic mass is 16.6. The first-order chi connectivity index (χ1) is 12.3. The molecule has 0 aliphatic carbocycles. The number of nitro benzene ring substituents is 1. The lowest BCUT2D eigenvalue weighted by molar-refractivity contribution is -0.384. The number of benzene rings is 1. The smallest absolute Gasteiger partial charge is 0.292 e. The summed E-state index contributed by atoms with van der Waals surface area (Å²) in [7, 11) is 0. The van der Waals surface area contributed by atoms with Gasteiger partial charge in [-0.05, 0) is 25.0 Å². The van der Waals surface area contributed by atoms with E-state index in [4.69, 9.17) is 0 Å². The Morgan fingerprint density at radius 2 is 1.62 bits per heavy atom. The van der Waals surface area contributed by atoms with Crippen LogP contribution in [0.1, 0.15) is 33.6 Å². The first kappa shape index (κ1) is 18.5. The summed E-state index contributed by atoms with van der Waals surface area (Å²) in [5.74, 6) is 0.179. The molecule has 3 rings (SSSR count). The van der Waals surface area contributed by atoms with Crippen molar-refractivity contribution >= 4 is 23.0 Å². The minimum Gasteiger partial charge on any atom is -0.368 e. The van der Waals surface area contributed by atoms with Crippen LogP contribution in [-0.4, -0.2) is 55.0 Å². The highest BCUT2D eigenvalue weighted by Gasteiger charge is 2.30. The van der Waals surface area contributed by atoms with E-state index in [0.717, 1.165) is 50.4 Å². The number of amides is 1. The summed E-state index contributed by atoms with van der Waals surface area (Å²) in [5.41, 5.74) is 1.54. The van der Waals surface area contributed by atoms with Crippen molar-refractivity contribution < 1.29 is 9.72 Å². The highest BCUT2D eigenvalue weighted by Crippen LogP contribution is 2.35. The van der Waals surface area contributed by atoms with Gasteiger partial charge in [-0.2, -0.15) is 0 Å². The van der Waals surface area contributed by atoms with Gasteiger partial charge in [-0.3, -0.25) is 14.9 Å². The number of nitro groups is 1. The molecular weight excluding hydrogens is 332 g/mol. The highest BCUT2D eigenvalue weighted by molar-refractivity contribution is 5.82. The van der Waals surface area contributed by atoms with Gasteiger partial charge in [0.2, 0.25) is 5.91 Å². The maximum atomic E-state index is 12.4. The first-order valence-corrected chi connectivity index (χ1v) is 9.35. The van der Waals surface area contributed by atoms with E-state index < -0.39 is 0 Å². The van der Waals surface area contributed by atoms with E-state index in [-0.39, 0.29) is 21.9 Å². The van der Waals surface area contributed by atoms with Crippen molar-refractivity contribution in [1.29, 1.82) is 0 Å². The lowest BCUT2D eigenvalue weighted by Gasteiger charge is -2.39. The fourth-order valence-electron chi connectivity index (χ4n) is 3.72. The number of rotatable bonds is 3. The molecule has 0 aromatic heterocycles. The molecule has 1 amide bonds. The van der Waals surface area contributed by atoms with Crippen LogP contribution in [0.3, 0.4) is 0 Å². The van der Waals surface area contributed by atoms with E-state index in [9.17, 15) is 14.9 Å². The van der Waals surface area contributed by atoms with Crippen LogP contribution in [0, 0.1) is 15.5 Å². The second-order valence-electron chi connectivity index (χ2n) is 8.15. The van der Waals surface area contributed by atoms with Crippen LogP contribution >= 0.6 is 0 Å². The second kappa shape index (κ2) is 7.13. The summed E-state index contributed by atoms with van der Waals surface area (Å²) in [6, 6.07) is 5.40. The summed E-state index contributed by atoms with van der Waals surface area (Å²) in [4.78, 5) is 29.8. The topological polar surface area (TPSA) is 69.9 Å². The van der Waals surface area contributed by atoms with E-state index in [2.05, 4.69) is 9.80 Å². The molecule has 0 saturated carbocycles. The number of nitrogens with zero attached hydrogens (tertiary/aromatic N) is 4. The van der Waals surface area contributed by atoms with Gasteiger partial charge < -0.3 is 14.7 Å². The number of piperazine rings is 1. The zero-order chi connectivity index (χ0) is 18.9.